The van der Waals surface area contributed by atoms with Gasteiger partial charge in [-0.25, -0.2) is 5.43 Å². The van der Waals surface area contributed by atoms with Crippen molar-refractivity contribution >= 4 is 12.1 Å². The maximum atomic E-state index is 12.5. The number of benzene rings is 1. The molecule has 0 unspecified atom stereocenters. The first-order chi connectivity index (χ1) is 11.1. The molecule has 1 amide bonds. The van der Waals surface area contributed by atoms with Crippen LogP contribution in [-0.4, -0.2) is 30.8 Å². The lowest BCUT2D eigenvalue weighted by Gasteiger charge is -2.11. The van der Waals surface area contributed by atoms with Crippen LogP contribution in [0.25, 0.3) is 0 Å². The summed E-state index contributed by atoms with van der Waals surface area (Å²) in [5, 5.41) is 3.73. The Morgan fingerprint density at radius 3 is 2.83 bits per heavy atom. The molecule has 0 spiro atoms. The third-order valence-electron chi connectivity index (χ3n) is 2.73. The van der Waals surface area contributed by atoms with Crippen LogP contribution < -0.4 is 14.9 Å². The number of carbonyl (C=O) groups excluding carboxylic acids is 1. The normalized spacial score (nSPS) is 10.8. The minimum atomic E-state index is -3.01. The summed E-state index contributed by atoms with van der Waals surface area (Å²) in [5.41, 5.74) is 2.82. The molecule has 120 valence electrons. The summed E-state index contributed by atoms with van der Waals surface area (Å²) in [6.45, 7) is -3.01. The Morgan fingerprint density at radius 1 is 1.35 bits per heavy atom. The van der Waals surface area contributed by atoms with Gasteiger partial charge in [0.1, 0.15) is 0 Å². The molecule has 8 heteroatoms. The Hall–Kier alpha value is -3.03. The zero-order valence-corrected chi connectivity index (χ0v) is 12.1. The van der Waals surface area contributed by atoms with E-state index in [2.05, 4.69) is 20.2 Å². The van der Waals surface area contributed by atoms with Crippen molar-refractivity contribution in [3.05, 3.63) is 53.9 Å². The van der Waals surface area contributed by atoms with Crippen molar-refractivity contribution in [3.8, 4) is 11.5 Å². The number of amides is 1. The van der Waals surface area contributed by atoms with Gasteiger partial charge >= 0.3 is 6.61 Å². The Morgan fingerprint density at radius 2 is 2.17 bits per heavy atom. The predicted octanol–water partition coefficient (Wildman–Crippen LogP) is 2.46. The molecule has 0 saturated heterocycles. The highest BCUT2D eigenvalue weighted by Crippen LogP contribution is 2.31. The monoisotopic (exact) mass is 321 g/mol. The first kappa shape index (κ1) is 16.3. The molecular weight excluding hydrogens is 308 g/mol. The Kier molecular flexibility index (Phi) is 5.56. The number of para-hydroxylation sites is 1. The molecule has 0 bridgehead atoms. The maximum Gasteiger partial charge on any atom is 0.387 e. The van der Waals surface area contributed by atoms with E-state index in [0.29, 0.717) is 5.56 Å². The second-order valence-electron chi connectivity index (χ2n) is 4.20. The highest BCUT2D eigenvalue weighted by molar-refractivity contribution is 5.94. The molecule has 0 atom stereocenters. The van der Waals surface area contributed by atoms with Crippen LogP contribution in [0.15, 0.2) is 47.8 Å². The summed E-state index contributed by atoms with van der Waals surface area (Å²) in [5.74, 6) is -0.509. The molecule has 6 nitrogen and oxygen atoms in total. The number of hydrogen-bond acceptors (Lipinski definition) is 5. The molecule has 0 aliphatic carbocycles. The van der Waals surface area contributed by atoms with Crippen molar-refractivity contribution in [2.24, 2.45) is 5.10 Å². The van der Waals surface area contributed by atoms with E-state index >= 15 is 0 Å². The molecule has 2 aromatic rings. The number of pyridine rings is 1. The number of carbonyl (C=O) groups is 1. The fraction of sp³-hybridized carbons (Fsp3) is 0.133. The van der Waals surface area contributed by atoms with Crippen molar-refractivity contribution < 1.29 is 23.0 Å². The molecule has 1 aromatic heterocycles. The number of rotatable bonds is 6. The fourth-order valence-corrected chi connectivity index (χ4v) is 1.73. The molecule has 1 heterocycles. The fourth-order valence-electron chi connectivity index (χ4n) is 1.73. The van der Waals surface area contributed by atoms with Gasteiger partial charge in [-0.15, -0.1) is 0 Å². The van der Waals surface area contributed by atoms with Gasteiger partial charge in [-0.2, -0.15) is 13.9 Å². The third-order valence-corrected chi connectivity index (χ3v) is 2.73. The van der Waals surface area contributed by atoms with Gasteiger partial charge in [0.25, 0.3) is 5.91 Å². The van der Waals surface area contributed by atoms with Crippen molar-refractivity contribution in [2.75, 3.05) is 7.11 Å². The van der Waals surface area contributed by atoms with Crippen LogP contribution in [0.4, 0.5) is 8.78 Å². The Labute approximate surface area is 130 Å². The van der Waals surface area contributed by atoms with Crippen LogP contribution in [0.3, 0.4) is 0 Å². The number of aromatic nitrogens is 1. The lowest BCUT2D eigenvalue weighted by atomic mass is 10.2. The van der Waals surface area contributed by atoms with Gasteiger partial charge in [0.05, 0.1) is 18.9 Å². The number of nitrogens with zero attached hydrogens (tertiary/aromatic N) is 2. The largest absolute Gasteiger partial charge is 0.493 e. The lowest BCUT2D eigenvalue weighted by molar-refractivity contribution is -0.0513. The van der Waals surface area contributed by atoms with E-state index in [1.54, 1.807) is 18.2 Å². The summed E-state index contributed by atoms with van der Waals surface area (Å²) in [7, 11) is 1.33. The zero-order valence-electron chi connectivity index (χ0n) is 12.1. The quantitative estimate of drug-likeness (QED) is 0.655. The Balaban J connectivity index is 2.14. The second kappa shape index (κ2) is 7.83. The van der Waals surface area contributed by atoms with Crippen LogP contribution in [0.1, 0.15) is 15.9 Å². The topological polar surface area (TPSA) is 72.8 Å². The molecule has 1 N–H and O–H groups in total. The van der Waals surface area contributed by atoms with E-state index < -0.39 is 12.5 Å². The van der Waals surface area contributed by atoms with Gasteiger partial charge in [0.15, 0.2) is 11.5 Å². The van der Waals surface area contributed by atoms with Gasteiger partial charge in [-0.05, 0) is 24.3 Å². The summed E-state index contributed by atoms with van der Waals surface area (Å²) >= 11 is 0. The van der Waals surface area contributed by atoms with Crippen LogP contribution >= 0.6 is 0 Å². The summed E-state index contributed by atoms with van der Waals surface area (Å²) in [6.07, 6.45) is 4.10. The molecule has 1 aromatic carbocycles. The SMILES string of the molecule is COc1cccc(/C=N\NC(=O)c2cccnc2)c1OC(F)F. The molecular formula is C15H13F2N3O3. The summed E-state index contributed by atoms with van der Waals surface area (Å²) in [6, 6.07) is 7.73. The van der Waals surface area contributed by atoms with Crippen molar-refractivity contribution in [2.45, 2.75) is 6.61 Å². The molecule has 0 saturated carbocycles. The standard InChI is InChI=1S/C15H13F2N3O3/c1-22-12-6-2-4-10(13(12)23-15(16)17)9-19-20-14(21)11-5-3-7-18-8-11/h2-9,15H,1H3,(H,20,21)/b19-9-. The van der Waals surface area contributed by atoms with Crippen LogP contribution in [0.2, 0.25) is 0 Å². The summed E-state index contributed by atoms with van der Waals surface area (Å²) < 4.78 is 34.4. The van der Waals surface area contributed by atoms with Crippen LogP contribution in [0.5, 0.6) is 11.5 Å². The predicted molar refractivity (Wildman–Crippen MR) is 78.9 cm³/mol. The van der Waals surface area contributed by atoms with Gasteiger partial charge < -0.3 is 9.47 Å². The van der Waals surface area contributed by atoms with Crippen molar-refractivity contribution in [1.29, 1.82) is 0 Å². The molecule has 0 fully saturated rings. The Bertz CT molecular complexity index is 694. The second-order valence-corrected chi connectivity index (χ2v) is 4.20. The first-order valence-electron chi connectivity index (χ1n) is 6.47. The third kappa shape index (κ3) is 4.47. The van der Waals surface area contributed by atoms with E-state index in [4.69, 9.17) is 4.74 Å². The number of alkyl halides is 2. The number of methoxy groups -OCH3 is 1. The number of ether oxygens (including phenoxy) is 2. The van der Waals surface area contributed by atoms with E-state index in [1.165, 1.54) is 37.9 Å². The smallest absolute Gasteiger partial charge is 0.387 e. The van der Waals surface area contributed by atoms with Gasteiger partial charge in [-0.3, -0.25) is 9.78 Å². The lowest BCUT2D eigenvalue weighted by Crippen LogP contribution is -2.17. The van der Waals surface area contributed by atoms with E-state index in [-0.39, 0.29) is 17.1 Å². The number of hydrogen-bond donors (Lipinski definition) is 1. The molecule has 0 radical (unpaired) electrons. The molecule has 2 rings (SSSR count). The minimum absolute atomic E-state index is 0.132. The summed E-state index contributed by atoms with van der Waals surface area (Å²) in [4.78, 5) is 15.6. The van der Waals surface area contributed by atoms with E-state index in [0.717, 1.165) is 0 Å². The van der Waals surface area contributed by atoms with Gasteiger partial charge in [0.2, 0.25) is 0 Å². The van der Waals surface area contributed by atoms with Gasteiger partial charge in [0, 0.05) is 18.0 Å². The average Bonchev–Trinajstić information content (AvgIpc) is 2.56. The number of hydrazone groups is 1. The highest BCUT2D eigenvalue weighted by Gasteiger charge is 2.14. The van der Waals surface area contributed by atoms with Crippen molar-refractivity contribution in [1.82, 2.24) is 10.4 Å². The highest BCUT2D eigenvalue weighted by atomic mass is 19.3. The van der Waals surface area contributed by atoms with Crippen LogP contribution in [0, 0.1) is 0 Å². The maximum absolute atomic E-state index is 12.5. The minimum Gasteiger partial charge on any atom is -0.493 e. The van der Waals surface area contributed by atoms with Crippen LogP contribution in [-0.2, 0) is 0 Å². The zero-order chi connectivity index (χ0) is 16.7. The molecule has 0 aliphatic heterocycles. The van der Waals surface area contributed by atoms with Crippen molar-refractivity contribution in [3.63, 3.8) is 0 Å². The first-order valence-corrected chi connectivity index (χ1v) is 6.47. The number of halogens is 2. The average molecular weight is 321 g/mol. The molecule has 23 heavy (non-hydrogen) atoms. The van der Waals surface area contributed by atoms with E-state index in [1.807, 2.05) is 0 Å². The number of nitrogens with one attached hydrogen (secondary N) is 1. The van der Waals surface area contributed by atoms with E-state index in [9.17, 15) is 13.6 Å². The molecule has 0 aliphatic rings. The van der Waals surface area contributed by atoms with Gasteiger partial charge in [-0.1, -0.05) is 6.07 Å².